The lowest BCUT2D eigenvalue weighted by atomic mass is 10.0. The first kappa shape index (κ1) is 10.7. The molecule has 1 aliphatic carbocycles. The average molecular weight is 242 g/mol. The second-order valence-electron chi connectivity index (χ2n) is 4.55. The maximum atomic E-state index is 9.39. The Morgan fingerprint density at radius 3 is 2.76 bits per heavy atom. The van der Waals surface area contributed by atoms with Crippen molar-refractivity contribution in [3.05, 3.63) is 35.4 Å². The normalized spacial score (nSPS) is 19.7. The summed E-state index contributed by atoms with van der Waals surface area (Å²) in [7, 11) is 0. The molecule has 3 rings (SSSR count). The molecule has 1 aromatic carbocycles. The van der Waals surface area contributed by atoms with Crippen molar-refractivity contribution in [3.63, 3.8) is 0 Å². The first-order valence-corrected chi connectivity index (χ1v) is 6.94. The zero-order chi connectivity index (χ0) is 11.7. The summed E-state index contributed by atoms with van der Waals surface area (Å²) in [6.07, 6.45) is 7.40. The van der Waals surface area contributed by atoms with Crippen LogP contribution in [0.25, 0.3) is 0 Å². The number of nitriles is 1. The highest BCUT2D eigenvalue weighted by Gasteiger charge is 2.28. The molecule has 0 bridgehead atoms. The number of para-hydroxylation sites is 1. The van der Waals surface area contributed by atoms with Gasteiger partial charge in [-0.05, 0) is 30.4 Å². The van der Waals surface area contributed by atoms with E-state index in [2.05, 4.69) is 17.7 Å². The van der Waals surface area contributed by atoms with Crippen LogP contribution in [0.5, 0.6) is 0 Å². The minimum Gasteiger partial charge on any atom is -0.250 e. The van der Waals surface area contributed by atoms with Crippen LogP contribution in [0.2, 0.25) is 0 Å². The van der Waals surface area contributed by atoms with Crippen molar-refractivity contribution >= 4 is 17.4 Å². The Hall–Kier alpha value is -1.40. The van der Waals surface area contributed by atoms with E-state index in [-0.39, 0.29) is 0 Å². The Balaban J connectivity index is 1.98. The summed E-state index contributed by atoms with van der Waals surface area (Å²) in [5, 5.41) is 11.6. The van der Waals surface area contributed by atoms with Crippen LogP contribution in [-0.4, -0.2) is 0 Å². The molecule has 0 saturated heterocycles. The van der Waals surface area contributed by atoms with Crippen LogP contribution in [0, 0.1) is 17.4 Å². The fourth-order valence-corrected chi connectivity index (χ4v) is 3.65. The molecule has 0 radical (unpaired) electrons. The van der Waals surface area contributed by atoms with Gasteiger partial charge in [-0.25, -0.2) is 4.90 Å². The molecule has 1 aliphatic heterocycles. The van der Waals surface area contributed by atoms with Crippen molar-refractivity contribution in [1.82, 2.24) is 0 Å². The molecule has 1 heterocycles. The highest BCUT2D eigenvalue weighted by Crippen LogP contribution is 2.43. The lowest BCUT2D eigenvalue weighted by Gasteiger charge is -2.28. The Morgan fingerprint density at radius 1 is 1.24 bits per heavy atom. The lowest BCUT2D eigenvalue weighted by molar-refractivity contribution is 0.629. The van der Waals surface area contributed by atoms with E-state index < -0.39 is 0 Å². The molecule has 0 aromatic heterocycles. The van der Waals surface area contributed by atoms with Crippen LogP contribution in [-0.2, 0) is 0 Å². The molecule has 86 valence electrons. The fourth-order valence-electron chi connectivity index (χ4n) is 2.67. The van der Waals surface area contributed by atoms with Gasteiger partial charge in [-0.2, -0.15) is 5.26 Å². The second-order valence-corrected chi connectivity index (χ2v) is 5.46. The van der Waals surface area contributed by atoms with Crippen LogP contribution in [0.15, 0.2) is 40.3 Å². The molecule has 0 spiro atoms. The molecule has 0 atom stereocenters. The zero-order valence-corrected chi connectivity index (χ0v) is 10.4. The van der Waals surface area contributed by atoms with Gasteiger partial charge >= 0.3 is 0 Å². The quantitative estimate of drug-likeness (QED) is 0.693. The predicted molar refractivity (Wildman–Crippen MR) is 70.4 cm³/mol. The first-order valence-electron chi connectivity index (χ1n) is 6.06. The molecule has 17 heavy (non-hydrogen) atoms. The summed E-state index contributed by atoms with van der Waals surface area (Å²) in [5.74, 6) is 0.579. The molecule has 1 saturated carbocycles. The Bertz CT molecular complexity index is 495. The predicted octanol–water partition coefficient (Wildman–Crippen LogP) is 4.11. The number of allylic oxidation sites excluding steroid dienone is 1. The topological polar surface area (TPSA) is 27.0 Å². The lowest BCUT2D eigenvalue weighted by Crippen LogP contribution is -2.23. The summed E-state index contributed by atoms with van der Waals surface area (Å²) in [6, 6.07) is 8.14. The molecule has 1 aromatic rings. The van der Waals surface area contributed by atoms with Crippen molar-refractivity contribution in [2.24, 2.45) is 5.92 Å². The van der Waals surface area contributed by atoms with E-state index in [9.17, 15) is 5.26 Å². The Kier molecular flexibility index (Phi) is 2.82. The molecule has 1 fully saturated rings. The summed E-state index contributed by atoms with van der Waals surface area (Å²) >= 11 is 1.75. The molecular weight excluding hydrogens is 228 g/mol. The number of thioether (sulfide) groups is 1. The van der Waals surface area contributed by atoms with E-state index in [1.54, 1.807) is 11.8 Å². The van der Waals surface area contributed by atoms with Crippen molar-refractivity contribution in [3.8, 4) is 6.19 Å². The minimum absolute atomic E-state index is 0.579. The van der Waals surface area contributed by atoms with Gasteiger partial charge in [0.2, 0.25) is 0 Å². The SMILES string of the molecule is N#CN1C(C2CCCC2)=CSc2ccccc21. The number of anilines is 1. The van der Waals surface area contributed by atoms with Gasteiger partial charge in [-0.15, -0.1) is 0 Å². The maximum Gasteiger partial charge on any atom is 0.189 e. The van der Waals surface area contributed by atoms with Gasteiger partial charge in [-0.3, -0.25) is 0 Å². The monoisotopic (exact) mass is 242 g/mol. The van der Waals surface area contributed by atoms with E-state index >= 15 is 0 Å². The molecule has 2 nitrogen and oxygen atoms in total. The number of hydrogen-bond donors (Lipinski definition) is 0. The van der Waals surface area contributed by atoms with E-state index in [4.69, 9.17) is 0 Å². The third-order valence-corrected chi connectivity index (χ3v) is 4.50. The van der Waals surface area contributed by atoms with Gasteiger partial charge in [0.1, 0.15) is 0 Å². The van der Waals surface area contributed by atoms with E-state index in [0.717, 1.165) is 5.69 Å². The van der Waals surface area contributed by atoms with Gasteiger partial charge < -0.3 is 0 Å². The summed E-state index contributed by atoms with van der Waals surface area (Å²) in [6.45, 7) is 0. The minimum atomic E-state index is 0.579. The van der Waals surface area contributed by atoms with E-state index in [1.807, 2.05) is 23.1 Å². The van der Waals surface area contributed by atoms with Crippen LogP contribution < -0.4 is 4.90 Å². The fraction of sp³-hybridized carbons (Fsp3) is 0.357. The average Bonchev–Trinajstić information content (AvgIpc) is 2.91. The maximum absolute atomic E-state index is 9.39. The van der Waals surface area contributed by atoms with Gasteiger partial charge in [-0.1, -0.05) is 36.7 Å². The third-order valence-electron chi connectivity index (χ3n) is 3.54. The largest absolute Gasteiger partial charge is 0.250 e. The van der Waals surface area contributed by atoms with Crippen LogP contribution in [0.1, 0.15) is 25.7 Å². The molecule has 0 unspecified atom stereocenters. The molecule has 0 amide bonds. The summed E-state index contributed by atoms with van der Waals surface area (Å²) < 4.78 is 0. The zero-order valence-electron chi connectivity index (χ0n) is 9.60. The number of rotatable bonds is 1. The van der Waals surface area contributed by atoms with Crippen LogP contribution >= 0.6 is 11.8 Å². The molecular formula is C14H14N2S. The van der Waals surface area contributed by atoms with Crippen molar-refractivity contribution < 1.29 is 0 Å². The van der Waals surface area contributed by atoms with E-state index in [1.165, 1.54) is 36.3 Å². The standard InChI is InChI=1S/C14H14N2S/c15-10-16-12-7-3-4-8-14(12)17-9-13(16)11-5-1-2-6-11/h3-4,7-9,11H,1-2,5-6H2. The number of fused-ring (bicyclic) bond motifs is 1. The smallest absolute Gasteiger partial charge is 0.189 e. The van der Waals surface area contributed by atoms with Gasteiger partial charge in [0.15, 0.2) is 6.19 Å². The summed E-state index contributed by atoms with van der Waals surface area (Å²) in [4.78, 5) is 3.00. The van der Waals surface area contributed by atoms with Gasteiger partial charge in [0.25, 0.3) is 0 Å². The Morgan fingerprint density at radius 2 is 2.00 bits per heavy atom. The van der Waals surface area contributed by atoms with Crippen molar-refractivity contribution in [2.75, 3.05) is 4.90 Å². The first-order chi connectivity index (χ1) is 8.40. The summed E-state index contributed by atoms with van der Waals surface area (Å²) in [5.41, 5.74) is 2.25. The highest BCUT2D eigenvalue weighted by molar-refractivity contribution is 8.02. The number of benzene rings is 1. The van der Waals surface area contributed by atoms with Crippen molar-refractivity contribution in [2.45, 2.75) is 30.6 Å². The van der Waals surface area contributed by atoms with Gasteiger partial charge in [0, 0.05) is 16.5 Å². The molecule has 3 heteroatoms. The van der Waals surface area contributed by atoms with Crippen LogP contribution in [0.3, 0.4) is 0 Å². The van der Waals surface area contributed by atoms with E-state index in [0.29, 0.717) is 5.92 Å². The van der Waals surface area contributed by atoms with Crippen LogP contribution in [0.4, 0.5) is 5.69 Å². The van der Waals surface area contributed by atoms with Gasteiger partial charge in [0.05, 0.1) is 5.69 Å². The molecule has 0 N–H and O–H groups in total. The molecule has 2 aliphatic rings. The highest BCUT2D eigenvalue weighted by atomic mass is 32.2. The second kappa shape index (κ2) is 4.46. The number of nitrogens with zero attached hydrogens (tertiary/aromatic N) is 2. The third kappa shape index (κ3) is 1.83. The van der Waals surface area contributed by atoms with Crippen molar-refractivity contribution in [1.29, 1.82) is 5.26 Å². The Labute approximate surface area is 106 Å². The number of hydrogen-bond acceptors (Lipinski definition) is 3.